The SMILES string of the molecule is CC(=O)O.CCCCO.COCCOC. The largest absolute Gasteiger partial charge is 0.481 e. The van der Waals surface area contributed by atoms with E-state index in [1.807, 2.05) is 0 Å². The summed E-state index contributed by atoms with van der Waals surface area (Å²) in [6.07, 6.45) is 2.04. The van der Waals surface area contributed by atoms with Crippen molar-refractivity contribution in [2.75, 3.05) is 34.0 Å². The van der Waals surface area contributed by atoms with E-state index in [0.29, 0.717) is 19.8 Å². The maximum atomic E-state index is 9.00. The lowest BCUT2D eigenvalue weighted by molar-refractivity contribution is -0.134. The minimum absolute atomic E-state index is 0.344. The predicted molar refractivity (Wildman–Crippen MR) is 59.1 cm³/mol. The highest BCUT2D eigenvalue weighted by atomic mass is 16.5. The molecule has 0 rings (SSSR count). The molecular weight excluding hydrogens is 200 g/mol. The quantitative estimate of drug-likeness (QED) is 0.685. The van der Waals surface area contributed by atoms with Crippen molar-refractivity contribution in [3.05, 3.63) is 0 Å². The third-order valence-electron chi connectivity index (χ3n) is 1.00. The molecule has 0 spiro atoms. The van der Waals surface area contributed by atoms with Crippen molar-refractivity contribution < 1.29 is 24.5 Å². The van der Waals surface area contributed by atoms with Gasteiger partial charge in [-0.15, -0.1) is 0 Å². The van der Waals surface area contributed by atoms with Crippen molar-refractivity contribution in [3.63, 3.8) is 0 Å². The predicted octanol–water partition coefficient (Wildman–Crippen LogP) is 1.15. The molecule has 0 bridgehead atoms. The van der Waals surface area contributed by atoms with Crippen LogP contribution in [0.15, 0.2) is 0 Å². The number of aliphatic hydroxyl groups excluding tert-OH is 1. The summed E-state index contributed by atoms with van der Waals surface area (Å²) >= 11 is 0. The second-order valence-corrected chi connectivity index (χ2v) is 2.58. The van der Waals surface area contributed by atoms with Gasteiger partial charge < -0.3 is 19.7 Å². The Hall–Kier alpha value is -0.650. The Bertz CT molecular complexity index is 96.0. The van der Waals surface area contributed by atoms with Gasteiger partial charge in [0.1, 0.15) is 0 Å². The summed E-state index contributed by atoms with van der Waals surface area (Å²) in [7, 11) is 3.30. The van der Waals surface area contributed by atoms with Crippen LogP contribution < -0.4 is 0 Å². The van der Waals surface area contributed by atoms with E-state index in [4.69, 9.17) is 15.0 Å². The van der Waals surface area contributed by atoms with Gasteiger partial charge in [0, 0.05) is 27.8 Å². The van der Waals surface area contributed by atoms with Gasteiger partial charge in [-0.05, 0) is 6.42 Å². The Morgan fingerprint density at radius 3 is 1.60 bits per heavy atom. The molecule has 0 aromatic heterocycles. The monoisotopic (exact) mass is 224 g/mol. The number of carbonyl (C=O) groups is 1. The molecule has 0 heterocycles. The van der Waals surface area contributed by atoms with Gasteiger partial charge in [0.25, 0.3) is 5.97 Å². The molecule has 0 fully saturated rings. The Morgan fingerprint density at radius 1 is 1.20 bits per heavy atom. The molecule has 0 atom stereocenters. The van der Waals surface area contributed by atoms with Crippen LogP contribution in [0.3, 0.4) is 0 Å². The first kappa shape index (κ1) is 19.9. The maximum absolute atomic E-state index is 9.00. The minimum atomic E-state index is -0.833. The van der Waals surface area contributed by atoms with E-state index in [-0.39, 0.29) is 0 Å². The zero-order valence-electron chi connectivity index (χ0n) is 10.2. The molecular formula is C10H24O5. The molecule has 0 aliphatic carbocycles. The fraction of sp³-hybridized carbons (Fsp3) is 0.900. The van der Waals surface area contributed by atoms with Crippen molar-refractivity contribution >= 4 is 5.97 Å². The molecule has 0 unspecified atom stereocenters. The number of unbranched alkanes of at least 4 members (excludes halogenated alkanes) is 1. The summed E-state index contributed by atoms with van der Waals surface area (Å²) < 4.78 is 9.31. The van der Waals surface area contributed by atoms with Crippen LogP contribution in [0.25, 0.3) is 0 Å². The summed E-state index contributed by atoms with van der Waals surface area (Å²) in [5, 5.41) is 15.5. The van der Waals surface area contributed by atoms with Gasteiger partial charge >= 0.3 is 0 Å². The molecule has 94 valence electrons. The Balaban J connectivity index is -0.000000147. The molecule has 0 amide bonds. The lowest BCUT2D eigenvalue weighted by atomic mass is 10.4. The first-order chi connectivity index (χ1) is 7.06. The van der Waals surface area contributed by atoms with E-state index in [1.54, 1.807) is 14.2 Å². The highest BCUT2D eigenvalue weighted by Crippen LogP contribution is 1.78. The number of aliphatic carboxylic acids is 1. The first-order valence-corrected chi connectivity index (χ1v) is 4.84. The summed E-state index contributed by atoms with van der Waals surface area (Å²) in [4.78, 5) is 9.00. The topological polar surface area (TPSA) is 76.0 Å². The van der Waals surface area contributed by atoms with Gasteiger partial charge in [-0.25, -0.2) is 0 Å². The molecule has 0 aliphatic rings. The second-order valence-electron chi connectivity index (χ2n) is 2.58. The molecule has 5 heteroatoms. The van der Waals surface area contributed by atoms with Crippen molar-refractivity contribution in [1.29, 1.82) is 0 Å². The lowest BCUT2D eigenvalue weighted by Gasteiger charge is -1.91. The molecule has 5 nitrogen and oxygen atoms in total. The average molecular weight is 224 g/mol. The third kappa shape index (κ3) is 90.9. The van der Waals surface area contributed by atoms with Gasteiger partial charge in [0.15, 0.2) is 0 Å². The number of aliphatic hydroxyl groups is 1. The van der Waals surface area contributed by atoms with E-state index >= 15 is 0 Å². The zero-order chi connectivity index (χ0) is 12.5. The highest BCUT2D eigenvalue weighted by molar-refractivity contribution is 5.62. The maximum Gasteiger partial charge on any atom is 0.300 e. The van der Waals surface area contributed by atoms with E-state index in [1.165, 1.54) is 0 Å². The minimum Gasteiger partial charge on any atom is -0.481 e. The summed E-state index contributed by atoms with van der Waals surface area (Å²) in [5.41, 5.74) is 0. The fourth-order valence-corrected chi connectivity index (χ4v) is 0.325. The van der Waals surface area contributed by atoms with E-state index in [9.17, 15) is 0 Å². The number of rotatable bonds is 5. The number of hydrogen-bond acceptors (Lipinski definition) is 4. The molecule has 0 saturated heterocycles. The van der Waals surface area contributed by atoms with Gasteiger partial charge in [-0.1, -0.05) is 13.3 Å². The van der Waals surface area contributed by atoms with Crippen LogP contribution in [0, 0.1) is 0 Å². The summed E-state index contributed by atoms with van der Waals surface area (Å²) in [6.45, 7) is 4.86. The normalized spacial score (nSPS) is 8.07. The van der Waals surface area contributed by atoms with E-state index in [0.717, 1.165) is 19.8 Å². The van der Waals surface area contributed by atoms with Crippen LogP contribution in [0.2, 0.25) is 0 Å². The van der Waals surface area contributed by atoms with Crippen LogP contribution in [0.5, 0.6) is 0 Å². The molecule has 15 heavy (non-hydrogen) atoms. The molecule has 0 saturated carbocycles. The molecule has 0 aliphatic heterocycles. The summed E-state index contributed by atoms with van der Waals surface area (Å²) in [6, 6.07) is 0. The van der Waals surface area contributed by atoms with Crippen molar-refractivity contribution in [2.24, 2.45) is 0 Å². The smallest absolute Gasteiger partial charge is 0.300 e. The Labute approximate surface area is 92.0 Å². The van der Waals surface area contributed by atoms with Gasteiger partial charge in [0.2, 0.25) is 0 Å². The van der Waals surface area contributed by atoms with Crippen LogP contribution >= 0.6 is 0 Å². The number of hydrogen-bond donors (Lipinski definition) is 2. The van der Waals surface area contributed by atoms with Crippen LogP contribution in [0.1, 0.15) is 26.7 Å². The van der Waals surface area contributed by atoms with Crippen LogP contribution in [-0.2, 0) is 14.3 Å². The molecule has 0 aromatic rings. The van der Waals surface area contributed by atoms with Gasteiger partial charge in [-0.2, -0.15) is 0 Å². The fourth-order valence-electron chi connectivity index (χ4n) is 0.325. The van der Waals surface area contributed by atoms with Gasteiger partial charge in [-0.3, -0.25) is 4.79 Å². The second kappa shape index (κ2) is 23.3. The molecule has 2 N–H and O–H groups in total. The van der Waals surface area contributed by atoms with Crippen LogP contribution in [0.4, 0.5) is 0 Å². The Morgan fingerprint density at radius 2 is 1.53 bits per heavy atom. The highest BCUT2D eigenvalue weighted by Gasteiger charge is 1.73. The van der Waals surface area contributed by atoms with Crippen molar-refractivity contribution in [2.45, 2.75) is 26.7 Å². The van der Waals surface area contributed by atoms with Crippen molar-refractivity contribution in [1.82, 2.24) is 0 Å². The third-order valence-corrected chi connectivity index (χ3v) is 1.00. The first-order valence-electron chi connectivity index (χ1n) is 4.84. The zero-order valence-corrected chi connectivity index (χ0v) is 10.2. The van der Waals surface area contributed by atoms with Crippen LogP contribution in [-0.4, -0.2) is 50.2 Å². The van der Waals surface area contributed by atoms with Gasteiger partial charge in [0.05, 0.1) is 13.2 Å². The number of methoxy groups -OCH3 is 2. The Kier molecular flexibility index (Phi) is 30.8. The van der Waals surface area contributed by atoms with Crippen molar-refractivity contribution in [3.8, 4) is 0 Å². The average Bonchev–Trinajstić information content (AvgIpc) is 2.16. The standard InChI is InChI=1S/C4H10O2.C4H10O.C2H4O2/c1-5-3-4-6-2;1-2-3-4-5;1-2(3)4/h3-4H2,1-2H3;5H,2-4H2,1H3;1H3,(H,3,4). The number of carboxylic acid groups (broad SMARTS) is 1. The van der Waals surface area contributed by atoms with E-state index in [2.05, 4.69) is 16.4 Å². The lowest BCUT2D eigenvalue weighted by Crippen LogP contribution is -1.96. The summed E-state index contributed by atoms with van der Waals surface area (Å²) in [5.74, 6) is -0.833. The number of ether oxygens (including phenoxy) is 2. The van der Waals surface area contributed by atoms with E-state index < -0.39 is 5.97 Å². The molecule has 0 radical (unpaired) electrons. The number of carboxylic acids is 1. The molecule has 0 aromatic carbocycles.